The minimum Gasteiger partial charge on any atom is -0.379 e. The summed E-state index contributed by atoms with van der Waals surface area (Å²) in [5.74, 6) is -0.277. The smallest absolute Gasteiger partial charge is 0.228 e. The van der Waals surface area contributed by atoms with E-state index in [0.717, 1.165) is 66.8 Å². The van der Waals surface area contributed by atoms with Crippen molar-refractivity contribution < 1.29 is 14.3 Å². The molecule has 2 aliphatic heterocycles. The topological polar surface area (TPSA) is 66.0 Å². The van der Waals surface area contributed by atoms with Gasteiger partial charge in [0.05, 0.1) is 37.9 Å². The van der Waals surface area contributed by atoms with Crippen LogP contribution in [0.5, 0.6) is 0 Å². The Labute approximate surface area is 194 Å². The monoisotopic (exact) mass is 456 g/mol. The molecule has 2 aliphatic rings. The minimum atomic E-state index is -0.316. The third-order valence-corrected chi connectivity index (χ3v) is 7.17. The van der Waals surface area contributed by atoms with E-state index in [1.807, 2.05) is 36.4 Å². The molecule has 2 amide bonds. The van der Waals surface area contributed by atoms with Crippen molar-refractivity contribution in [3.05, 3.63) is 45.4 Å². The number of carbonyl (C=O) groups is 2. The second kappa shape index (κ2) is 10.1. The van der Waals surface area contributed by atoms with Gasteiger partial charge < -0.3 is 14.5 Å². The summed E-state index contributed by atoms with van der Waals surface area (Å²) in [6.45, 7) is 9.26. The number of rotatable bonds is 7. The Morgan fingerprint density at radius 2 is 2.09 bits per heavy atom. The molecule has 1 aromatic carbocycles. The van der Waals surface area contributed by atoms with Gasteiger partial charge in [-0.2, -0.15) is 0 Å². The number of thiazole rings is 1. The Morgan fingerprint density at radius 1 is 1.31 bits per heavy atom. The predicted molar refractivity (Wildman–Crippen MR) is 126 cm³/mol. The summed E-state index contributed by atoms with van der Waals surface area (Å²) in [6.07, 6.45) is 1.12. The van der Waals surface area contributed by atoms with Crippen LogP contribution >= 0.6 is 11.3 Å². The van der Waals surface area contributed by atoms with Crippen molar-refractivity contribution in [2.45, 2.75) is 39.8 Å². The third-order valence-electron chi connectivity index (χ3n) is 6.28. The molecule has 0 saturated carbocycles. The van der Waals surface area contributed by atoms with Crippen LogP contribution in [-0.2, 0) is 33.8 Å². The maximum absolute atomic E-state index is 13.1. The van der Waals surface area contributed by atoms with Gasteiger partial charge in [0.1, 0.15) is 5.01 Å². The van der Waals surface area contributed by atoms with E-state index < -0.39 is 0 Å². The fourth-order valence-electron chi connectivity index (χ4n) is 4.56. The molecule has 2 saturated heterocycles. The molecular weight excluding hydrogens is 424 g/mol. The van der Waals surface area contributed by atoms with Gasteiger partial charge in [0.2, 0.25) is 11.8 Å². The molecule has 2 aromatic rings. The average molecular weight is 457 g/mol. The first kappa shape index (κ1) is 22.9. The van der Waals surface area contributed by atoms with Crippen LogP contribution in [0.2, 0.25) is 0 Å². The van der Waals surface area contributed by atoms with E-state index in [9.17, 15) is 9.59 Å². The van der Waals surface area contributed by atoms with E-state index in [1.165, 1.54) is 0 Å². The zero-order valence-corrected chi connectivity index (χ0v) is 20.0. The average Bonchev–Trinajstić information content (AvgIpc) is 3.39. The van der Waals surface area contributed by atoms with Crippen molar-refractivity contribution in [3.8, 4) is 0 Å². The molecule has 4 rings (SSSR count). The number of carbonyl (C=O) groups excluding carboxylic acids is 2. The van der Waals surface area contributed by atoms with Gasteiger partial charge >= 0.3 is 0 Å². The van der Waals surface area contributed by atoms with E-state index in [2.05, 4.69) is 17.9 Å². The standard InChI is InChI=1S/C24H32N4O3S/c1-4-18-7-5-6-17(2)23(18)28-13-19(12-22(28)29)24(30)26(3)14-20-16-32-21(25-20)15-27-8-10-31-11-9-27/h5-7,16,19H,4,8-15H2,1-3H3. The van der Waals surface area contributed by atoms with Crippen molar-refractivity contribution in [1.82, 2.24) is 14.8 Å². The molecule has 1 atom stereocenters. The second-order valence-electron chi connectivity index (χ2n) is 8.66. The Bertz CT molecular complexity index is 970. The van der Waals surface area contributed by atoms with Gasteiger partial charge in [0.15, 0.2) is 0 Å². The largest absolute Gasteiger partial charge is 0.379 e. The lowest BCUT2D eigenvalue weighted by atomic mass is 10.0. The van der Waals surface area contributed by atoms with Crippen molar-refractivity contribution in [2.75, 3.05) is 44.8 Å². The first-order valence-electron chi connectivity index (χ1n) is 11.3. The summed E-state index contributed by atoms with van der Waals surface area (Å²) in [5, 5.41) is 3.10. The summed E-state index contributed by atoms with van der Waals surface area (Å²) < 4.78 is 5.40. The summed E-state index contributed by atoms with van der Waals surface area (Å²) in [7, 11) is 1.81. The number of para-hydroxylation sites is 1. The van der Waals surface area contributed by atoms with Crippen LogP contribution in [0.1, 0.15) is 35.2 Å². The van der Waals surface area contributed by atoms with Gasteiger partial charge in [-0.3, -0.25) is 14.5 Å². The quantitative estimate of drug-likeness (QED) is 0.641. The fourth-order valence-corrected chi connectivity index (χ4v) is 5.38. The lowest BCUT2D eigenvalue weighted by molar-refractivity contribution is -0.135. The number of aromatic nitrogens is 1. The Balaban J connectivity index is 1.37. The number of ether oxygens (including phenoxy) is 1. The molecule has 0 spiro atoms. The third kappa shape index (κ3) is 5.03. The molecule has 1 unspecified atom stereocenters. The van der Waals surface area contributed by atoms with E-state index in [-0.39, 0.29) is 24.2 Å². The van der Waals surface area contributed by atoms with Crippen LogP contribution in [0.3, 0.4) is 0 Å². The first-order valence-corrected chi connectivity index (χ1v) is 12.2. The normalized spacial score (nSPS) is 19.5. The highest BCUT2D eigenvalue weighted by atomic mass is 32.1. The molecule has 172 valence electrons. The number of hydrogen-bond acceptors (Lipinski definition) is 6. The van der Waals surface area contributed by atoms with Gasteiger partial charge in [-0.1, -0.05) is 25.1 Å². The maximum atomic E-state index is 13.1. The van der Waals surface area contributed by atoms with Crippen LogP contribution in [0, 0.1) is 12.8 Å². The van der Waals surface area contributed by atoms with Crippen LogP contribution in [-0.4, -0.2) is 66.5 Å². The van der Waals surface area contributed by atoms with Crippen molar-refractivity contribution >= 4 is 28.8 Å². The molecule has 3 heterocycles. The highest BCUT2D eigenvalue weighted by Crippen LogP contribution is 2.32. The SMILES string of the molecule is CCc1cccc(C)c1N1CC(C(=O)N(C)Cc2csc(CN3CCOCC3)n2)CC1=O. The van der Waals surface area contributed by atoms with Gasteiger partial charge in [0, 0.05) is 44.2 Å². The fraction of sp³-hybridized carbons (Fsp3) is 0.542. The number of amides is 2. The van der Waals surface area contributed by atoms with Gasteiger partial charge in [-0.25, -0.2) is 4.98 Å². The van der Waals surface area contributed by atoms with Crippen LogP contribution in [0.4, 0.5) is 5.69 Å². The van der Waals surface area contributed by atoms with Crippen molar-refractivity contribution in [2.24, 2.45) is 5.92 Å². The molecule has 0 N–H and O–H groups in total. The lowest BCUT2D eigenvalue weighted by Gasteiger charge is -2.25. The van der Waals surface area contributed by atoms with Gasteiger partial charge in [-0.05, 0) is 24.5 Å². The highest BCUT2D eigenvalue weighted by Gasteiger charge is 2.37. The number of morpholine rings is 1. The molecule has 7 nitrogen and oxygen atoms in total. The number of aryl methyl sites for hydroxylation is 2. The molecule has 1 aromatic heterocycles. The minimum absolute atomic E-state index is 0.00946. The van der Waals surface area contributed by atoms with Gasteiger partial charge in [0.25, 0.3) is 0 Å². The zero-order valence-electron chi connectivity index (χ0n) is 19.2. The lowest BCUT2D eigenvalue weighted by Crippen LogP contribution is -2.35. The maximum Gasteiger partial charge on any atom is 0.228 e. The Morgan fingerprint density at radius 3 is 2.84 bits per heavy atom. The molecule has 0 aliphatic carbocycles. The van der Waals surface area contributed by atoms with Crippen LogP contribution < -0.4 is 4.90 Å². The Kier molecular flexibility index (Phi) is 7.23. The van der Waals surface area contributed by atoms with Crippen LogP contribution in [0.15, 0.2) is 23.6 Å². The van der Waals surface area contributed by atoms with Crippen LogP contribution in [0.25, 0.3) is 0 Å². The van der Waals surface area contributed by atoms with E-state index in [4.69, 9.17) is 9.72 Å². The summed E-state index contributed by atoms with van der Waals surface area (Å²) >= 11 is 1.64. The number of benzene rings is 1. The number of nitrogens with zero attached hydrogens (tertiary/aromatic N) is 4. The van der Waals surface area contributed by atoms with E-state index in [1.54, 1.807) is 16.2 Å². The molecule has 8 heteroatoms. The van der Waals surface area contributed by atoms with Crippen molar-refractivity contribution in [3.63, 3.8) is 0 Å². The highest BCUT2D eigenvalue weighted by molar-refractivity contribution is 7.09. The summed E-state index contributed by atoms with van der Waals surface area (Å²) in [6, 6.07) is 6.11. The summed E-state index contributed by atoms with van der Waals surface area (Å²) in [4.78, 5) is 36.6. The molecule has 32 heavy (non-hydrogen) atoms. The first-order chi connectivity index (χ1) is 15.5. The molecule has 0 bridgehead atoms. The van der Waals surface area contributed by atoms with Gasteiger partial charge in [-0.15, -0.1) is 11.3 Å². The van der Waals surface area contributed by atoms with Crippen molar-refractivity contribution in [1.29, 1.82) is 0 Å². The summed E-state index contributed by atoms with van der Waals surface area (Å²) in [5.41, 5.74) is 4.11. The molecule has 0 radical (unpaired) electrons. The molecule has 2 fully saturated rings. The van der Waals surface area contributed by atoms with E-state index in [0.29, 0.717) is 13.1 Å². The predicted octanol–water partition coefficient (Wildman–Crippen LogP) is 2.86. The zero-order chi connectivity index (χ0) is 22.7. The van der Waals surface area contributed by atoms with E-state index >= 15 is 0 Å². The number of anilines is 1. The Hall–Kier alpha value is -2.29. The second-order valence-corrected chi connectivity index (χ2v) is 9.60. The number of hydrogen-bond donors (Lipinski definition) is 0. The molecular formula is C24H32N4O3S.